The third kappa shape index (κ3) is 6.61. The maximum atomic E-state index is 11.2. The van der Waals surface area contributed by atoms with E-state index in [-0.39, 0.29) is 17.3 Å². The van der Waals surface area contributed by atoms with E-state index in [4.69, 9.17) is 33.1 Å². The highest BCUT2D eigenvalue weighted by Crippen LogP contribution is 2.34. The highest BCUT2D eigenvalue weighted by atomic mass is 35.5. The van der Waals surface area contributed by atoms with Crippen LogP contribution >= 0.6 is 35.6 Å². The summed E-state index contributed by atoms with van der Waals surface area (Å²) in [6.45, 7) is 3.71. The molecular weight excluding hydrogens is 419 g/mol. The number of ether oxygens (including phenoxy) is 1. The third-order valence-corrected chi connectivity index (χ3v) is 5.01. The van der Waals surface area contributed by atoms with Crippen molar-refractivity contribution in [1.82, 2.24) is 5.32 Å². The number of benzene rings is 2. The Morgan fingerprint density at radius 1 is 1.08 bits per heavy atom. The molecule has 0 amide bonds. The van der Waals surface area contributed by atoms with Gasteiger partial charge in [0.2, 0.25) is 10.0 Å². The number of hydrogen-bond acceptors (Lipinski definition) is 4. The summed E-state index contributed by atoms with van der Waals surface area (Å²) in [7, 11) is -3.65. The normalized spacial score (nSPS) is 11.1. The quantitative estimate of drug-likeness (QED) is 0.613. The summed E-state index contributed by atoms with van der Waals surface area (Å²) < 4.78 is 27.8. The lowest BCUT2D eigenvalue weighted by molar-refractivity contribution is 0.340. The van der Waals surface area contributed by atoms with E-state index >= 15 is 0 Å². The first-order valence-corrected chi connectivity index (χ1v) is 10.0. The molecule has 26 heavy (non-hydrogen) atoms. The van der Waals surface area contributed by atoms with Gasteiger partial charge in [0.1, 0.15) is 0 Å². The van der Waals surface area contributed by atoms with Crippen molar-refractivity contribution in [2.75, 3.05) is 13.2 Å². The number of sulfonamides is 1. The Morgan fingerprint density at radius 2 is 1.65 bits per heavy atom. The second kappa shape index (κ2) is 10.3. The van der Waals surface area contributed by atoms with E-state index in [1.54, 1.807) is 12.1 Å². The second-order valence-electron chi connectivity index (χ2n) is 5.44. The van der Waals surface area contributed by atoms with E-state index in [0.29, 0.717) is 28.9 Å². The number of nitrogens with one attached hydrogen (secondary N) is 1. The topological polar surface area (TPSA) is 81.4 Å². The van der Waals surface area contributed by atoms with Crippen molar-refractivity contribution in [2.45, 2.75) is 24.8 Å². The number of rotatable bonds is 8. The van der Waals surface area contributed by atoms with Crippen molar-refractivity contribution in [1.29, 1.82) is 0 Å². The Bertz CT molecular complexity index is 805. The fourth-order valence-electron chi connectivity index (χ4n) is 2.31. The van der Waals surface area contributed by atoms with Crippen LogP contribution in [0.2, 0.25) is 10.0 Å². The molecule has 9 heteroatoms. The number of primary sulfonamides is 1. The van der Waals surface area contributed by atoms with Gasteiger partial charge in [0.05, 0.1) is 21.5 Å². The lowest BCUT2D eigenvalue weighted by atomic mass is 10.1. The molecule has 2 rings (SSSR count). The van der Waals surface area contributed by atoms with E-state index in [2.05, 4.69) is 5.32 Å². The Kier molecular flexibility index (Phi) is 9.16. The van der Waals surface area contributed by atoms with Gasteiger partial charge in [-0.05, 0) is 55.3 Å². The molecule has 0 aliphatic carbocycles. The summed E-state index contributed by atoms with van der Waals surface area (Å²) in [5.74, 6) is 0.504. The fraction of sp³-hybridized carbons (Fsp3) is 0.294. The monoisotopic (exact) mass is 438 g/mol. The molecule has 144 valence electrons. The van der Waals surface area contributed by atoms with Crippen LogP contribution in [0.15, 0.2) is 41.3 Å². The lowest BCUT2D eigenvalue weighted by Crippen LogP contribution is -2.17. The first kappa shape index (κ1) is 23.0. The molecule has 0 aromatic heterocycles. The third-order valence-electron chi connectivity index (χ3n) is 3.52. The van der Waals surface area contributed by atoms with E-state index < -0.39 is 10.0 Å². The van der Waals surface area contributed by atoms with Crippen molar-refractivity contribution in [3.05, 3.63) is 57.6 Å². The Labute approximate surface area is 170 Å². The molecule has 0 unspecified atom stereocenters. The standard InChI is InChI=1S/C17H20Cl2N2O3S.ClH/c1-2-24-17-15(18)9-13(10-16(17)19)11-21-8-7-12-3-5-14(6-4-12)25(20,22)23;/h3-6,9-10,21H,2,7-8,11H2,1H3,(H2,20,22,23);1H. The maximum Gasteiger partial charge on any atom is 0.238 e. The molecule has 0 bridgehead atoms. The van der Waals surface area contributed by atoms with Crippen LogP contribution in [0, 0.1) is 0 Å². The molecule has 5 nitrogen and oxygen atoms in total. The summed E-state index contributed by atoms with van der Waals surface area (Å²) >= 11 is 12.4. The van der Waals surface area contributed by atoms with Crippen molar-refractivity contribution >= 4 is 45.6 Å². The van der Waals surface area contributed by atoms with Crippen LogP contribution in [-0.4, -0.2) is 21.6 Å². The van der Waals surface area contributed by atoms with E-state index in [1.807, 2.05) is 19.1 Å². The molecule has 0 aliphatic heterocycles. The van der Waals surface area contributed by atoms with Gasteiger partial charge < -0.3 is 10.1 Å². The fourth-order valence-corrected chi connectivity index (χ4v) is 3.46. The van der Waals surface area contributed by atoms with Crippen molar-refractivity contribution in [2.24, 2.45) is 5.14 Å². The molecule has 0 heterocycles. The van der Waals surface area contributed by atoms with Crippen molar-refractivity contribution in [3.8, 4) is 5.75 Å². The van der Waals surface area contributed by atoms with Gasteiger partial charge in [-0.25, -0.2) is 13.6 Å². The van der Waals surface area contributed by atoms with E-state index in [9.17, 15) is 8.42 Å². The Hall–Kier alpha value is -1.02. The zero-order valence-corrected chi connectivity index (χ0v) is 17.3. The summed E-state index contributed by atoms with van der Waals surface area (Å²) in [5, 5.41) is 9.36. The van der Waals surface area contributed by atoms with E-state index in [1.165, 1.54) is 12.1 Å². The van der Waals surface area contributed by atoms with Gasteiger partial charge in [-0.2, -0.15) is 0 Å². The van der Waals surface area contributed by atoms with Gasteiger partial charge >= 0.3 is 0 Å². The van der Waals surface area contributed by atoms with Crippen LogP contribution in [-0.2, 0) is 23.0 Å². The minimum atomic E-state index is -3.65. The molecule has 2 aromatic rings. The predicted octanol–water partition coefficient (Wildman–Crippen LogP) is 3.79. The van der Waals surface area contributed by atoms with Crippen LogP contribution < -0.4 is 15.2 Å². The summed E-state index contributed by atoms with van der Waals surface area (Å²) in [6.07, 6.45) is 0.753. The Balaban J connectivity index is 0.00000338. The molecule has 0 spiro atoms. The van der Waals surface area contributed by atoms with Gasteiger partial charge in [0.25, 0.3) is 0 Å². The molecule has 0 saturated carbocycles. The minimum Gasteiger partial charge on any atom is -0.491 e. The summed E-state index contributed by atoms with van der Waals surface area (Å²) in [6, 6.07) is 10.2. The number of hydrogen-bond donors (Lipinski definition) is 2. The van der Waals surface area contributed by atoms with Crippen molar-refractivity contribution in [3.63, 3.8) is 0 Å². The molecule has 0 saturated heterocycles. The predicted molar refractivity (Wildman–Crippen MR) is 108 cm³/mol. The van der Waals surface area contributed by atoms with Gasteiger partial charge in [-0.3, -0.25) is 0 Å². The first-order chi connectivity index (χ1) is 11.8. The summed E-state index contributed by atoms with van der Waals surface area (Å²) in [5.41, 5.74) is 1.98. The number of halogens is 3. The molecule has 3 N–H and O–H groups in total. The van der Waals surface area contributed by atoms with Crippen LogP contribution in [0.3, 0.4) is 0 Å². The minimum absolute atomic E-state index is 0. The van der Waals surface area contributed by atoms with E-state index in [0.717, 1.165) is 24.1 Å². The highest BCUT2D eigenvalue weighted by Gasteiger charge is 2.09. The smallest absolute Gasteiger partial charge is 0.238 e. The highest BCUT2D eigenvalue weighted by molar-refractivity contribution is 7.89. The lowest BCUT2D eigenvalue weighted by Gasteiger charge is -2.11. The molecule has 0 aliphatic rings. The summed E-state index contributed by atoms with van der Waals surface area (Å²) in [4.78, 5) is 0.114. The zero-order chi connectivity index (χ0) is 18.4. The molecule has 0 radical (unpaired) electrons. The molecule has 0 fully saturated rings. The van der Waals surface area contributed by atoms with Crippen LogP contribution in [0.1, 0.15) is 18.1 Å². The Morgan fingerprint density at radius 3 is 2.15 bits per heavy atom. The van der Waals surface area contributed by atoms with Gasteiger partial charge in [-0.1, -0.05) is 35.3 Å². The molecule has 0 atom stereocenters. The van der Waals surface area contributed by atoms with Crippen molar-refractivity contribution < 1.29 is 13.2 Å². The molecular formula is C17H21Cl3N2O3S. The van der Waals surface area contributed by atoms with Crippen LogP contribution in [0.25, 0.3) is 0 Å². The van der Waals surface area contributed by atoms with Gasteiger partial charge in [0, 0.05) is 6.54 Å². The second-order valence-corrected chi connectivity index (χ2v) is 7.81. The van der Waals surface area contributed by atoms with Crippen LogP contribution in [0.4, 0.5) is 0 Å². The average molecular weight is 440 g/mol. The average Bonchev–Trinajstić information content (AvgIpc) is 2.54. The SMILES string of the molecule is CCOc1c(Cl)cc(CNCCc2ccc(S(N)(=O)=O)cc2)cc1Cl.Cl. The first-order valence-electron chi connectivity index (χ1n) is 7.74. The van der Waals surface area contributed by atoms with Crippen LogP contribution in [0.5, 0.6) is 5.75 Å². The molecule has 2 aromatic carbocycles. The van der Waals surface area contributed by atoms with Gasteiger partial charge in [0.15, 0.2) is 5.75 Å². The van der Waals surface area contributed by atoms with Gasteiger partial charge in [-0.15, -0.1) is 12.4 Å². The zero-order valence-electron chi connectivity index (χ0n) is 14.2. The number of nitrogens with two attached hydrogens (primary N) is 1. The largest absolute Gasteiger partial charge is 0.491 e. The maximum absolute atomic E-state index is 11.2.